The number of benzene rings is 6. The van der Waals surface area contributed by atoms with Crippen LogP contribution in [0.5, 0.6) is 0 Å². The summed E-state index contributed by atoms with van der Waals surface area (Å²) < 4.78 is 0. The minimum absolute atomic E-state index is 0.188. The zero-order valence-corrected chi connectivity index (χ0v) is 24.8. The van der Waals surface area contributed by atoms with Crippen LogP contribution < -0.4 is 20.9 Å². The number of hydrogen-bond acceptors (Lipinski definition) is 4. The number of nitrogens with zero attached hydrogens (tertiary/aromatic N) is 1. The Bertz CT molecular complexity index is 1700. The molecule has 7 heteroatoms. The first-order valence-corrected chi connectivity index (χ1v) is 14.7. The second-order valence-electron chi connectivity index (χ2n) is 10.4. The fraction of sp³-hybridized carbons (Fsp3) is 0. The van der Waals surface area contributed by atoms with E-state index < -0.39 is 0 Å². The largest absolute Gasteiger partial charge is 0.322 e. The predicted octanol–water partition coefficient (Wildman–Crippen LogP) is 8.91. The molecule has 0 aliphatic rings. The molecule has 0 unspecified atom stereocenters. The average molecular weight is 603 g/mol. The molecule has 46 heavy (non-hydrogen) atoms. The van der Waals surface area contributed by atoms with Crippen LogP contribution in [0.4, 0.5) is 34.1 Å². The van der Waals surface area contributed by atoms with Gasteiger partial charge in [0.05, 0.1) is 0 Å². The Morgan fingerprint density at radius 3 is 0.804 bits per heavy atom. The number of anilines is 6. The van der Waals surface area contributed by atoms with Crippen LogP contribution in [0.25, 0.3) is 0 Å². The third kappa shape index (κ3) is 7.18. The topological polar surface area (TPSA) is 90.5 Å². The van der Waals surface area contributed by atoms with Crippen LogP contribution in [0.1, 0.15) is 31.1 Å². The molecule has 0 saturated carbocycles. The molecular formula is C39H30N4O3. The molecule has 6 aromatic carbocycles. The summed E-state index contributed by atoms with van der Waals surface area (Å²) in [7, 11) is 0. The van der Waals surface area contributed by atoms with E-state index in [4.69, 9.17) is 0 Å². The summed E-state index contributed by atoms with van der Waals surface area (Å²) >= 11 is 0. The molecule has 6 rings (SSSR count). The number of amides is 3. The summed E-state index contributed by atoms with van der Waals surface area (Å²) in [6.45, 7) is 0. The van der Waals surface area contributed by atoms with E-state index in [1.165, 1.54) is 0 Å². The highest BCUT2D eigenvalue weighted by molar-refractivity contribution is 6.05. The van der Waals surface area contributed by atoms with E-state index in [1.807, 2.05) is 132 Å². The zero-order chi connectivity index (χ0) is 31.7. The van der Waals surface area contributed by atoms with Gasteiger partial charge in [-0.3, -0.25) is 14.4 Å². The third-order valence-electron chi connectivity index (χ3n) is 7.26. The lowest BCUT2D eigenvalue weighted by atomic mass is 10.1. The number of carbonyl (C=O) groups is 3. The maximum absolute atomic E-state index is 12.7. The highest BCUT2D eigenvalue weighted by atomic mass is 16.2. The van der Waals surface area contributed by atoms with Gasteiger partial charge in [-0.15, -0.1) is 0 Å². The van der Waals surface area contributed by atoms with E-state index in [2.05, 4.69) is 16.0 Å². The van der Waals surface area contributed by atoms with E-state index in [9.17, 15) is 14.4 Å². The molecule has 0 radical (unpaired) electrons. The van der Waals surface area contributed by atoms with Crippen molar-refractivity contribution in [2.24, 2.45) is 0 Å². The number of carbonyl (C=O) groups excluding carboxylic acids is 3. The summed E-state index contributed by atoms with van der Waals surface area (Å²) in [5.74, 6) is -0.565. The van der Waals surface area contributed by atoms with E-state index in [1.54, 1.807) is 36.4 Å². The van der Waals surface area contributed by atoms with Gasteiger partial charge >= 0.3 is 0 Å². The van der Waals surface area contributed by atoms with Crippen molar-refractivity contribution in [1.29, 1.82) is 0 Å². The standard InChI is InChI=1S/C39H30N4O3/c44-37(28-10-4-1-5-11-28)40-31-16-22-34(23-17-31)43(35-24-18-32(19-25-35)41-38(45)29-12-6-2-7-13-29)36-26-20-33(21-27-36)42-39(46)30-14-8-3-9-15-30/h1-27H,(H,40,44)(H,41,45)(H,42,46). The molecule has 3 amide bonds. The summed E-state index contributed by atoms with van der Waals surface area (Å²) in [6, 6.07) is 49.8. The van der Waals surface area contributed by atoms with Crippen molar-refractivity contribution >= 4 is 51.8 Å². The average Bonchev–Trinajstić information content (AvgIpc) is 3.11. The van der Waals surface area contributed by atoms with Gasteiger partial charge in [0.1, 0.15) is 0 Å². The first kappa shape index (κ1) is 29.6. The van der Waals surface area contributed by atoms with Crippen LogP contribution >= 0.6 is 0 Å². The number of hydrogen-bond donors (Lipinski definition) is 3. The minimum Gasteiger partial charge on any atom is -0.322 e. The van der Waals surface area contributed by atoms with Gasteiger partial charge < -0.3 is 20.9 Å². The van der Waals surface area contributed by atoms with Crippen LogP contribution in [0.2, 0.25) is 0 Å². The molecule has 3 N–H and O–H groups in total. The zero-order valence-electron chi connectivity index (χ0n) is 24.8. The Kier molecular flexibility index (Phi) is 8.93. The molecule has 0 aromatic heterocycles. The van der Waals surface area contributed by atoms with Crippen molar-refractivity contribution < 1.29 is 14.4 Å². The lowest BCUT2D eigenvalue weighted by molar-refractivity contribution is 0.101. The Balaban J connectivity index is 1.25. The second-order valence-corrected chi connectivity index (χ2v) is 10.4. The first-order valence-electron chi connectivity index (χ1n) is 14.7. The Hall–Kier alpha value is -6.47. The number of rotatable bonds is 9. The molecule has 7 nitrogen and oxygen atoms in total. The maximum atomic E-state index is 12.7. The van der Waals surface area contributed by atoms with Gasteiger partial charge in [-0.25, -0.2) is 0 Å². The predicted molar refractivity (Wildman–Crippen MR) is 184 cm³/mol. The molecule has 0 heterocycles. The van der Waals surface area contributed by atoms with Crippen molar-refractivity contribution in [2.45, 2.75) is 0 Å². The van der Waals surface area contributed by atoms with Crippen molar-refractivity contribution in [2.75, 3.05) is 20.9 Å². The van der Waals surface area contributed by atoms with E-state index in [-0.39, 0.29) is 17.7 Å². The lowest BCUT2D eigenvalue weighted by Gasteiger charge is -2.26. The van der Waals surface area contributed by atoms with Gasteiger partial charge in [0.25, 0.3) is 17.7 Å². The van der Waals surface area contributed by atoms with Crippen LogP contribution in [0.15, 0.2) is 164 Å². The van der Waals surface area contributed by atoms with Crippen LogP contribution in [0.3, 0.4) is 0 Å². The van der Waals surface area contributed by atoms with Crippen molar-refractivity contribution in [3.8, 4) is 0 Å². The minimum atomic E-state index is -0.188. The quantitative estimate of drug-likeness (QED) is 0.154. The molecule has 0 saturated heterocycles. The van der Waals surface area contributed by atoms with E-state index in [0.29, 0.717) is 33.8 Å². The second kappa shape index (κ2) is 13.9. The smallest absolute Gasteiger partial charge is 0.255 e. The highest BCUT2D eigenvalue weighted by Gasteiger charge is 2.15. The van der Waals surface area contributed by atoms with Gasteiger partial charge in [-0.1, -0.05) is 54.6 Å². The summed E-state index contributed by atoms with van der Waals surface area (Å²) in [5.41, 5.74) is 6.26. The molecule has 0 bridgehead atoms. The summed E-state index contributed by atoms with van der Waals surface area (Å²) in [5, 5.41) is 8.83. The first-order chi connectivity index (χ1) is 22.5. The number of nitrogens with one attached hydrogen (secondary N) is 3. The third-order valence-corrected chi connectivity index (χ3v) is 7.26. The molecular weight excluding hydrogens is 572 g/mol. The Morgan fingerprint density at radius 2 is 0.565 bits per heavy atom. The normalized spacial score (nSPS) is 10.4. The van der Waals surface area contributed by atoms with Crippen molar-refractivity contribution in [3.05, 3.63) is 180 Å². The van der Waals surface area contributed by atoms with Crippen molar-refractivity contribution in [3.63, 3.8) is 0 Å². The fourth-order valence-corrected chi connectivity index (χ4v) is 4.91. The highest BCUT2D eigenvalue weighted by Crippen LogP contribution is 2.36. The van der Waals surface area contributed by atoms with Crippen LogP contribution in [0, 0.1) is 0 Å². The van der Waals surface area contributed by atoms with Crippen LogP contribution in [-0.2, 0) is 0 Å². The lowest BCUT2D eigenvalue weighted by Crippen LogP contribution is -2.14. The molecule has 0 spiro atoms. The fourth-order valence-electron chi connectivity index (χ4n) is 4.91. The van der Waals surface area contributed by atoms with Gasteiger partial charge in [0, 0.05) is 50.8 Å². The molecule has 0 aliphatic carbocycles. The van der Waals surface area contributed by atoms with Gasteiger partial charge in [-0.2, -0.15) is 0 Å². The SMILES string of the molecule is O=C(Nc1ccc(N(c2ccc(NC(=O)c3ccccc3)cc2)c2ccc(NC(=O)c3ccccc3)cc2)cc1)c1ccccc1. The van der Waals surface area contributed by atoms with Crippen LogP contribution in [-0.4, -0.2) is 17.7 Å². The monoisotopic (exact) mass is 602 g/mol. The Labute approximate surface area is 267 Å². The van der Waals surface area contributed by atoms with Gasteiger partial charge in [-0.05, 0) is 109 Å². The molecule has 0 fully saturated rings. The summed E-state index contributed by atoms with van der Waals surface area (Å²) in [4.78, 5) is 40.1. The van der Waals surface area contributed by atoms with E-state index in [0.717, 1.165) is 17.1 Å². The molecule has 224 valence electrons. The van der Waals surface area contributed by atoms with Gasteiger partial charge in [0.2, 0.25) is 0 Å². The maximum Gasteiger partial charge on any atom is 0.255 e. The molecule has 6 aromatic rings. The molecule has 0 aliphatic heterocycles. The van der Waals surface area contributed by atoms with E-state index >= 15 is 0 Å². The summed E-state index contributed by atoms with van der Waals surface area (Å²) in [6.07, 6.45) is 0. The van der Waals surface area contributed by atoms with Crippen molar-refractivity contribution in [1.82, 2.24) is 0 Å². The Morgan fingerprint density at radius 1 is 0.326 bits per heavy atom. The van der Waals surface area contributed by atoms with Gasteiger partial charge in [0.15, 0.2) is 0 Å². The molecule has 0 atom stereocenters.